The van der Waals surface area contributed by atoms with Gasteiger partial charge in [-0.25, -0.2) is 0 Å². The van der Waals surface area contributed by atoms with E-state index in [1.165, 1.54) is 6.07 Å². The fourth-order valence-corrected chi connectivity index (χ4v) is 2.52. The molecule has 6 nitrogen and oxygen atoms in total. The summed E-state index contributed by atoms with van der Waals surface area (Å²) in [6.45, 7) is 2.96. The highest BCUT2D eigenvalue weighted by Gasteiger charge is 2.13. The smallest absolute Gasteiger partial charge is 0.251 e. The number of aryl methyl sites for hydroxylation is 1. The van der Waals surface area contributed by atoms with Crippen molar-refractivity contribution in [2.75, 3.05) is 0 Å². The summed E-state index contributed by atoms with van der Waals surface area (Å²) in [6.07, 6.45) is 1.94. The summed E-state index contributed by atoms with van der Waals surface area (Å²) in [5, 5.41) is 7.37. The van der Waals surface area contributed by atoms with Crippen LogP contribution in [0.4, 0.5) is 0 Å². The minimum atomic E-state index is -0.301. The lowest BCUT2D eigenvalue weighted by atomic mass is 10.2. The lowest BCUT2D eigenvalue weighted by molar-refractivity contribution is 0.0946. The van der Waals surface area contributed by atoms with Gasteiger partial charge in [0.25, 0.3) is 5.91 Å². The number of amides is 1. The molecule has 1 amide bonds. The number of benzene rings is 1. The van der Waals surface area contributed by atoms with Gasteiger partial charge in [0, 0.05) is 18.3 Å². The van der Waals surface area contributed by atoms with Crippen LogP contribution in [0.15, 0.2) is 41.1 Å². The number of nitrogens with zero attached hydrogens (tertiary/aromatic N) is 3. The Morgan fingerprint density at radius 2 is 2.12 bits per heavy atom. The normalized spacial score (nSPS) is 10.8. The molecule has 3 rings (SSSR count). The molecule has 0 radical (unpaired) electrons. The van der Waals surface area contributed by atoms with E-state index in [2.05, 4.69) is 15.5 Å². The molecule has 0 aliphatic rings. The molecule has 0 aliphatic carbocycles. The van der Waals surface area contributed by atoms with Crippen molar-refractivity contribution < 1.29 is 9.32 Å². The molecular weight excluding hydrogens is 351 g/mol. The van der Waals surface area contributed by atoms with Gasteiger partial charge in [0.15, 0.2) is 0 Å². The molecule has 0 atom stereocenters. The molecular formula is C16H14Cl2N4O2. The summed E-state index contributed by atoms with van der Waals surface area (Å²) in [5.41, 5.74) is 1.27. The number of hydrogen-bond acceptors (Lipinski definition) is 4. The number of rotatable bonds is 5. The molecule has 0 saturated carbocycles. The average Bonchev–Trinajstić information content (AvgIpc) is 3.23. The highest BCUT2D eigenvalue weighted by atomic mass is 35.5. The number of carbonyl (C=O) groups excluding carboxylic acids is 1. The van der Waals surface area contributed by atoms with Crippen molar-refractivity contribution in [2.24, 2.45) is 0 Å². The molecule has 0 aliphatic heterocycles. The van der Waals surface area contributed by atoms with Crippen LogP contribution in [0, 0.1) is 0 Å². The maximum Gasteiger partial charge on any atom is 0.251 e. The second-order valence-corrected chi connectivity index (χ2v) is 5.82. The highest BCUT2D eigenvalue weighted by Crippen LogP contribution is 2.22. The van der Waals surface area contributed by atoms with E-state index in [0.717, 1.165) is 12.2 Å². The topological polar surface area (TPSA) is 73.0 Å². The Bertz CT molecular complexity index is 873. The minimum absolute atomic E-state index is 0.124. The Morgan fingerprint density at radius 3 is 2.88 bits per heavy atom. The summed E-state index contributed by atoms with van der Waals surface area (Å²) in [5.74, 6) is 0.508. The van der Waals surface area contributed by atoms with Crippen LogP contribution in [-0.2, 0) is 13.1 Å². The number of halogens is 2. The van der Waals surface area contributed by atoms with Gasteiger partial charge in [-0.15, -0.1) is 0 Å². The van der Waals surface area contributed by atoms with Crippen LogP contribution in [0.2, 0.25) is 10.0 Å². The van der Waals surface area contributed by atoms with Crippen molar-refractivity contribution in [2.45, 2.75) is 20.0 Å². The summed E-state index contributed by atoms with van der Waals surface area (Å²) in [7, 11) is 0. The van der Waals surface area contributed by atoms with Gasteiger partial charge >= 0.3 is 0 Å². The standard InChI is InChI=1S/C16H14Cl2N4O2/c1-2-22-7-3-4-13(22)15-20-14(24-21-15)9-19-16(23)10-5-6-11(17)12(18)8-10/h3-8H,2,9H2,1H3,(H,19,23). The summed E-state index contributed by atoms with van der Waals surface area (Å²) < 4.78 is 7.18. The fourth-order valence-electron chi connectivity index (χ4n) is 2.22. The van der Waals surface area contributed by atoms with Crippen molar-refractivity contribution in [3.63, 3.8) is 0 Å². The van der Waals surface area contributed by atoms with Crippen molar-refractivity contribution >= 4 is 29.1 Å². The third-order valence-corrected chi connectivity index (χ3v) is 4.19. The van der Waals surface area contributed by atoms with Gasteiger partial charge in [-0.3, -0.25) is 4.79 Å². The third-order valence-electron chi connectivity index (χ3n) is 3.45. The molecule has 0 fully saturated rings. The molecule has 24 heavy (non-hydrogen) atoms. The molecule has 0 saturated heterocycles. The lowest BCUT2D eigenvalue weighted by Crippen LogP contribution is -2.22. The zero-order valence-electron chi connectivity index (χ0n) is 12.8. The van der Waals surface area contributed by atoms with Crippen LogP contribution in [-0.4, -0.2) is 20.6 Å². The van der Waals surface area contributed by atoms with Crippen LogP contribution in [0.3, 0.4) is 0 Å². The molecule has 0 bridgehead atoms. The van der Waals surface area contributed by atoms with E-state index >= 15 is 0 Å². The molecule has 1 N–H and O–H groups in total. The molecule has 2 aromatic heterocycles. The number of aromatic nitrogens is 3. The summed E-state index contributed by atoms with van der Waals surface area (Å²) in [6, 6.07) is 8.50. The van der Waals surface area contributed by atoms with Crippen LogP contribution in [0.5, 0.6) is 0 Å². The second-order valence-electron chi connectivity index (χ2n) is 5.00. The molecule has 0 spiro atoms. The van der Waals surface area contributed by atoms with Gasteiger partial charge in [-0.1, -0.05) is 28.4 Å². The van der Waals surface area contributed by atoms with Crippen LogP contribution in [0.25, 0.3) is 11.5 Å². The van der Waals surface area contributed by atoms with Gasteiger partial charge in [0.2, 0.25) is 11.7 Å². The van der Waals surface area contributed by atoms with Gasteiger partial charge in [0.05, 0.1) is 22.3 Å². The second kappa shape index (κ2) is 7.07. The van der Waals surface area contributed by atoms with Gasteiger partial charge < -0.3 is 14.4 Å². The van der Waals surface area contributed by atoms with Crippen molar-refractivity contribution in [1.82, 2.24) is 20.0 Å². The van der Waals surface area contributed by atoms with Gasteiger partial charge in [0.1, 0.15) is 0 Å². The molecule has 8 heteroatoms. The molecule has 0 unspecified atom stereocenters. The molecule has 2 heterocycles. The molecule has 124 valence electrons. The third kappa shape index (κ3) is 3.44. The van der Waals surface area contributed by atoms with Crippen molar-refractivity contribution in [3.8, 4) is 11.5 Å². The average molecular weight is 365 g/mol. The Balaban J connectivity index is 1.67. The molecule has 1 aromatic carbocycles. The van der Waals surface area contributed by atoms with E-state index < -0.39 is 0 Å². The Hall–Kier alpha value is -2.31. The Morgan fingerprint density at radius 1 is 1.29 bits per heavy atom. The first kappa shape index (κ1) is 16.5. The van der Waals surface area contributed by atoms with E-state index in [-0.39, 0.29) is 12.5 Å². The molecule has 3 aromatic rings. The largest absolute Gasteiger partial charge is 0.345 e. The van der Waals surface area contributed by atoms with Crippen molar-refractivity contribution in [3.05, 3.63) is 58.0 Å². The number of nitrogens with one attached hydrogen (secondary N) is 1. The zero-order chi connectivity index (χ0) is 17.1. The first-order valence-corrected chi connectivity index (χ1v) is 8.05. The summed E-state index contributed by atoms with van der Waals surface area (Å²) in [4.78, 5) is 16.4. The first-order valence-electron chi connectivity index (χ1n) is 7.30. The predicted molar refractivity (Wildman–Crippen MR) is 91.0 cm³/mol. The number of hydrogen-bond donors (Lipinski definition) is 1. The van der Waals surface area contributed by atoms with E-state index in [1.807, 2.05) is 29.8 Å². The van der Waals surface area contributed by atoms with Gasteiger partial charge in [-0.2, -0.15) is 4.98 Å². The van der Waals surface area contributed by atoms with E-state index in [9.17, 15) is 4.79 Å². The zero-order valence-corrected chi connectivity index (χ0v) is 14.3. The monoisotopic (exact) mass is 364 g/mol. The maximum absolute atomic E-state index is 12.1. The Labute approximate surface area is 148 Å². The van der Waals surface area contributed by atoms with Crippen molar-refractivity contribution in [1.29, 1.82) is 0 Å². The van der Waals surface area contributed by atoms with Crippen LogP contribution < -0.4 is 5.32 Å². The Kier molecular flexibility index (Phi) is 4.87. The maximum atomic E-state index is 12.1. The van der Waals surface area contributed by atoms with E-state index in [0.29, 0.717) is 27.3 Å². The minimum Gasteiger partial charge on any atom is -0.345 e. The van der Waals surface area contributed by atoms with Gasteiger partial charge in [-0.05, 0) is 37.3 Å². The highest BCUT2D eigenvalue weighted by molar-refractivity contribution is 6.42. The predicted octanol–water partition coefficient (Wildman–Crippen LogP) is 3.79. The first-order chi connectivity index (χ1) is 11.6. The lowest BCUT2D eigenvalue weighted by Gasteiger charge is -2.03. The SMILES string of the molecule is CCn1cccc1-c1noc(CNC(=O)c2ccc(Cl)c(Cl)c2)n1. The van der Waals surface area contributed by atoms with Crippen LogP contribution >= 0.6 is 23.2 Å². The van der Waals surface area contributed by atoms with E-state index in [1.54, 1.807) is 12.1 Å². The van der Waals surface area contributed by atoms with E-state index in [4.69, 9.17) is 27.7 Å². The van der Waals surface area contributed by atoms with Crippen LogP contribution in [0.1, 0.15) is 23.2 Å². The fraction of sp³-hybridized carbons (Fsp3) is 0.188. The number of carbonyl (C=O) groups is 1. The quantitative estimate of drug-likeness (QED) is 0.747. The summed E-state index contributed by atoms with van der Waals surface area (Å²) >= 11 is 11.7.